The first-order valence-corrected chi connectivity index (χ1v) is 8.49. The predicted octanol–water partition coefficient (Wildman–Crippen LogP) is 3.15. The zero-order chi connectivity index (χ0) is 14.9. The van der Waals surface area contributed by atoms with Crippen LogP contribution in [-0.4, -0.2) is 15.0 Å². The number of anilines is 2. The average Bonchev–Trinajstić information content (AvgIpc) is 2.47. The van der Waals surface area contributed by atoms with Gasteiger partial charge in [-0.3, -0.25) is 4.72 Å². The number of fused-ring (bicyclic) bond motifs is 1. The maximum atomic E-state index is 12.3. The van der Waals surface area contributed by atoms with Crippen LogP contribution in [0.15, 0.2) is 47.4 Å². The second-order valence-electron chi connectivity index (χ2n) is 5.32. The van der Waals surface area contributed by atoms with E-state index in [1.165, 1.54) is 5.56 Å². The number of rotatable bonds is 3. The van der Waals surface area contributed by atoms with Crippen molar-refractivity contribution in [3.8, 4) is 0 Å². The SMILES string of the molecule is Cc1ccc(S(=O)(=O)Nc2ccc3c(c2)NCCC3)cc1. The summed E-state index contributed by atoms with van der Waals surface area (Å²) in [5, 5.41) is 3.30. The van der Waals surface area contributed by atoms with Crippen molar-refractivity contribution < 1.29 is 8.42 Å². The predicted molar refractivity (Wildman–Crippen MR) is 85.2 cm³/mol. The van der Waals surface area contributed by atoms with Crippen molar-refractivity contribution in [2.75, 3.05) is 16.6 Å². The van der Waals surface area contributed by atoms with Crippen LogP contribution in [0, 0.1) is 6.92 Å². The van der Waals surface area contributed by atoms with Gasteiger partial charge in [0.2, 0.25) is 0 Å². The molecule has 0 aliphatic carbocycles. The number of hydrogen-bond acceptors (Lipinski definition) is 3. The molecule has 0 bridgehead atoms. The van der Waals surface area contributed by atoms with Gasteiger partial charge in [0, 0.05) is 12.2 Å². The van der Waals surface area contributed by atoms with Crippen molar-refractivity contribution in [2.45, 2.75) is 24.7 Å². The Balaban J connectivity index is 1.87. The first-order chi connectivity index (χ1) is 10.0. The second kappa shape index (κ2) is 5.41. The quantitative estimate of drug-likeness (QED) is 0.915. The van der Waals surface area contributed by atoms with Crippen molar-refractivity contribution in [1.29, 1.82) is 0 Å². The fourth-order valence-electron chi connectivity index (χ4n) is 2.46. The standard InChI is InChI=1S/C16H18N2O2S/c1-12-4-8-15(9-5-12)21(19,20)18-14-7-6-13-3-2-10-17-16(13)11-14/h4-9,11,17-18H,2-3,10H2,1H3. The van der Waals surface area contributed by atoms with Crippen LogP contribution in [0.4, 0.5) is 11.4 Å². The lowest BCUT2D eigenvalue weighted by atomic mass is 10.0. The number of nitrogens with one attached hydrogen (secondary N) is 2. The lowest BCUT2D eigenvalue weighted by molar-refractivity contribution is 0.601. The lowest BCUT2D eigenvalue weighted by Crippen LogP contribution is -2.15. The van der Waals surface area contributed by atoms with Gasteiger partial charge in [-0.25, -0.2) is 8.42 Å². The molecule has 21 heavy (non-hydrogen) atoms. The molecule has 0 aromatic heterocycles. The first kappa shape index (κ1) is 13.9. The van der Waals surface area contributed by atoms with Gasteiger partial charge in [0.05, 0.1) is 10.6 Å². The Hall–Kier alpha value is -2.01. The van der Waals surface area contributed by atoms with Gasteiger partial charge >= 0.3 is 0 Å². The number of aryl methyl sites for hydroxylation is 2. The molecule has 110 valence electrons. The molecular formula is C16H18N2O2S. The van der Waals surface area contributed by atoms with E-state index < -0.39 is 10.0 Å². The molecule has 1 heterocycles. The highest BCUT2D eigenvalue weighted by molar-refractivity contribution is 7.92. The van der Waals surface area contributed by atoms with Crippen LogP contribution in [0.1, 0.15) is 17.5 Å². The molecule has 0 atom stereocenters. The highest BCUT2D eigenvalue weighted by atomic mass is 32.2. The van der Waals surface area contributed by atoms with Crippen LogP contribution in [0.25, 0.3) is 0 Å². The van der Waals surface area contributed by atoms with Crippen molar-refractivity contribution in [3.05, 3.63) is 53.6 Å². The molecule has 2 aromatic carbocycles. The van der Waals surface area contributed by atoms with E-state index in [1.807, 2.05) is 25.1 Å². The van der Waals surface area contributed by atoms with Gasteiger partial charge in [0.15, 0.2) is 0 Å². The summed E-state index contributed by atoms with van der Waals surface area (Å²) in [6.45, 7) is 2.86. The molecule has 2 aromatic rings. The summed E-state index contributed by atoms with van der Waals surface area (Å²) < 4.78 is 27.3. The minimum Gasteiger partial charge on any atom is -0.385 e. The van der Waals surface area contributed by atoms with Crippen molar-refractivity contribution in [2.24, 2.45) is 0 Å². The second-order valence-corrected chi connectivity index (χ2v) is 7.00. The van der Waals surface area contributed by atoms with E-state index in [0.29, 0.717) is 5.69 Å². The highest BCUT2D eigenvalue weighted by Crippen LogP contribution is 2.26. The molecule has 0 spiro atoms. The molecule has 1 aliphatic heterocycles. The van der Waals surface area contributed by atoms with E-state index in [9.17, 15) is 8.42 Å². The summed E-state index contributed by atoms with van der Waals surface area (Å²) in [6.07, 6.45) is 2.15. The van der Waals surface area contributed by atoms with Crippen molar-refractivity contribution >= 4 is 21.4 Å². The maximum absolute atomic E-state index is 12.3. The minimum atomic E-state index is -3.53. The van der Waals surface area contributed by atoms with Crippen LogP contribution in [0.3, 0.4) is 0 Å². The third kappa shape index (κ3) is 3.03. The van der Waals surface area contributed by atoms with Gasteiger partial charge in [-0.2, -0.15) is 0 Å². The molecule has 0 unspecified atom stereocenters. The molecule has 2 N–H and O–H groups in total. The van der Waals surface area contributed by atoms with E-state index in [0.717, 1.165) is 30.6 Å². The normalized spacial score (nSPS) is 14.1. The largest absolute Gasteiger partial charge is 0.385 e. The Morgan fingerprint density at radius 3 is 2.62 bits per heavy atom. The highest BCUT2D eigenvalue weighted by Gasteiger charge is 2.15. The summed E-state index contributed by atoms with van der Waals surface area (Å²) in [4.78, 5) is 0.277. The molecule has 0 saturated carbocycles. The van der Waals surface area contributed by atoms with E-state index >= 15 is 0 Å². The Labute approximate surface area is 125 Å². The minimum absolute atomic E-state index is 0.277. The fraction of sp³-hybridized carbons (Fsp3) is 0.250. The summed E-state index contributed by atoms with van der Waals surface area (Å²) in [5.74, 6) is 0. The molecule has 0 radical (unpaired) electrons. The number of benzene rings is 2. The monoisotopic (exact) mass is 302 g/mol. The summed E-state index contributed by atoms with van der Waals surface area (Å²) >= 11 is 0. The zero-order valence-corrected chi connectivity index (χ0v) is 12.7. The van der Waals surface area contributed by atoms with E-state index in [2.05, 4.69) is 10.0 Å². The van der Waals surface area contributed by atoms with Crippen LogP contribution >= 0.6 is 0 Å². The third-order valence-corrected chi connectivity index (χ3v) is 5.03. The zero-order valence-electron chi connectivity index (χ0n) is 11.9. The van der Waals surface area contributed by atoms with E-state index in [1.54, 1.807) is 24.3 Å². The Bertz CT molecular complexity index is 752. The topological polar surface area (TPSA) is 58.2 Å². The molecular weight excluding hydrogens is 284 g/mol. The van der Waals surface area contributed by atoms with Crippen LogP contribution < -0.4 is 10.0 Å². The van der Waals surface area contributed by atoms with Gasteiger partial charge in [-0.15, -0.1) is 0 Å². The molecule has 5 heteroatoms. The van der Waals surface area contributed by atoms with Gasteiger partial charge in [0.1, 0.15) is 0 Å². The molecule has 0 amide bonds. The van der Waals surface area contributed by atoms with Crippen LogP contribution in [0.5, 0.6) is 0 Å². The van der Waals surface area contributed by atoms with Crippen molar-refractivity contribution in [3.63, 3.8) is 0 Å². The third-order valence-electron chi connectivity index (χ3n) is 3.63. The summed E-state index contributed by atoms with van der Waals surface area (Å²) in [6, 6.07) is 12.5. The maximum Gasteiger partial charge on any atom is 0.261 e. The van der Waals surface area contributed by atoms with Gasteiger partial charge in [-0.1, -0.05) is 23.8 Å². The molecule has 1 aliphatic rings. The van der Waals surface area contributed by atoms with Gasteiger partial charge < -0.3 is 5.32 Å². The average molecular weight is 302 g/mol. The smallest absolute Gasteiger partial charge is 0.261 e. The summed E-state index contributed by atoms with van der Waals surface area (Å²) in [7, 11) is -3.53. The van der Waals surface area contributed by atoms with Crippen LogP contribution in [-0.2, 0) is 16.4 Å². The fourth-order valence-corrected chi connectivity index (χ4v) is 3.51. The number of hydrogen-bond donors (Lipinski definition) is 2. The molecule has 4 nitrogen and oxygen atoms in total. The molecule has 0 fully saturated rings. The lowest BCUT2D eigenvalue weighted by Gasteiger charge is -2.19. The van der Waals surface area contributed by atoms with E-state index in [-0.39, 0.29) is 4.90 Å². The molecule has 3 rings (SSSR count). The van der Waals surface area contributed by atoms with E-state index in [4.69, 9.17) is 0 Å². The van der Waals surface area contributed by atoms with Gasteiger partial charge in [-0.05, 0) is 49.6 Å². The Morgan fingerprint density at radius 1 is 1.10 bits per heavy atom. The first-order valence-electron chi connectivity index (χ1n) is 7.01. The molecule has 0 saturated heterocycles. The number of sulfonamides is 1. The van der Waals surface area contributed by atoms with Crippen molar-refractivity contribution in [1.82, 2.24) is 0 Å². The summed E-state index contributed by atoms with van der Waals surface area (Å²) in [5.41, 5.74) is 3.88. The van der Waals surface area contributed by atoms with Crippen LogP contribution in [0.2, 0.25) is 0 Å². The van der Waals surface area contributed by atoms with Gasteiger partial charge in [0.25, 0.3) is 10.0 Å². The Morgan fingerprint density at radius 2 is 1.86 bits per heavy atom. The Kier molecular flexibility index (Phi) is 3.59.